The topological polar surface area (TPSA) is 69.6 Å². The molecule has 112 valence electrons. The van der Waals surface area contributed by atoms with Gasteiger partial charge in [0.15, 0.2) is 5.82 Å². The van der Waals surface area contributed by atoms with Crippen LogP contribution in [0.3, 0.4) is 0 Å². The van der Waals surface area contributed by atoms with Gasteiger partial charge in [0.2, 0.25) is 5.28 Å². The second kappa shape index (κ2) is 6.26. The molecule has 0 saturated carbocycles. The van der Waals surface area contributed by atoms with Crippen LogP contribution in [0.2, 0.25) is 5.28 Å². The van der Waals surface area contributed by atoms with Gasteiger partial charge in [-0.1, -0.05) is 13.8 Å². The molecule has 1 aromatic rings. The highest BCUT2D eigenvalue weighted by Crippen LogP contribution is 2.23. The van der Waals surface area contributed by atoms with Gasteiger partial charge < -0.3 is 5.11 Å². The van der Waals surface area contributed by atoms with E-state index in [9.17, 15) is 9.90 Å². The number of rotatable bonds is 4. The van der Waals surface area contributed by atoms with E-state index in [0.717, 1.165) is 0 Å². The van der Waals surface area contributed by atoms with Crippen LogP contribution < -0.4 is 5.01 Å². The van der Waals surface area contributed by atoms with Crippen molar-refractivity contribution in [1.29, 1.82) is 0 Å². The molecule has 0 aliphatic carbocycles. The van der Waals surface area contributed by atoms with E-state index in [4.69, 9.17) is 11.6 Å². The normalized spacial score (nSPS) is 11.6. The summed E-state index contributed by atoms with van der Waals surface area (Å²) >= 11 is 5.81. The molecule has 0 atom stereocenters. The summed E-state index contributed by atoms with van der Waals surface area (Å²) in [5.41, 5.74) is -0.599. The third-order valence-electron chi connectivity index (χ3n) is 2.47. The lowest BCUT2D eigenvalue weighted by Gasteiger charge is -2.42. The van der Waals surface area contributed by atoms with Crippen molar-refractivity contribution in [2.24, 2.45) is 5.92 Å². The highest BCUT2D eigenvalue weighted by atomic mass is 35.5. The van der Waals surface area contributed by atoms with Crippen LogP contribution in [0.25, 0.3) is 0 Å². The van der Waals surface area contributed by atoms with E-state index in [0.29, 0.717) is 12.4 Å². The number of anilines is 1. The van der Waals surface area contributed by atoms with Crippen molar-refractivity contribution in [2.45, 2.75) is 40.2 Å². The molecular formula is C13H21ClN4O2. The Balaban J connectivity index is 3.26. The van der Waals surface area contributed by atoms with Crippen LogP contribution in [-0.4, -0.2) is 38.3 Å². The first-order valence-electron chi connectivity index (χ1n) is 6.42. The number of aromatic nitrogens is 2. The van der Waals surface area contributed by atoms with E-state index in [1.54, 1.807) is 11.1 Å². The number of nitrogens with zero attached hydrogens (tertiary/aromatic N) is 4. The number of hydrazine groups is 1. The SMILES string of the molecule is CC(C)CN(c1ccnc(Cl)n1)N(C(=O)O)C(C)(C)C. The Hall–Kier alpha value is -1.56. The molecule has 0 aliphatic heterocycles. The Labute approximate surface area is 124 Å². The van der Waals surface area contributed by atoms with Crippen molar-refractivity contribution in [3.63, 3.8) is 0 Å². The van der Waals surface area contributed by atoms with Crippen molar-refractivity contribution in [3.8, 4) is 0 Å². The number of carbonyl (C=O) groups is 1. The fraction of sp³-hybridized carbons (Fsp3) is 0.615. The van der Waals surface area contributed by atoms with Gasteiger partial charge in [0.1, 0.15) is 0 Å². The minimum Gasteiger partial charge on any atom is -0.464 e. The monoisotopic (exact) mass is 300 g/mol. The molecule has 7 heteroatoms. The molecular weight excluding hydrogens is 280 g/mol. The average molecular weight is 301 g/mol. The molecule has 0 saturated heterocycles. The molecule has 0 spiro atoms. The predicted octanol–water partition coefficient (Wildman–Crippen LogP) is 3.29. The molecule has 1 heterocycles. The fourth-order valence-corrected chi connectivity index (χ4v) is 1.99. The largest absolute Gasteiger partial charge is 0.464 e. The Morgan fingerprint density at radius 3 is 2.45 bits per heavy atom. The third kappa shape index (κ3) is 4.23. The van der Waals surface area contributed by atoms with E-state index in [1.807, 2.05) is 34.6 Å². The average Bonchev–Trinajstić information content (AvgIpc) is 2.25. The van der Waals surface area contributed by atoms with E-state index in [-0.39, 0.29) is 11.2 Å². The van der Waals surface area contributed by atoms with Crippen LogP contribution in [0, 0.1) is 5.92 Å². The molecule has 1 aromatic heterocycles. The van der Waals surface area contributed by atoms with Gasteiger partial charge in [-0.25, -0.2) is 14.8 Å². The molecule has 0 aromatic carbocycles. The lowest BCUT2D eigenvalue weighted by molar-refractivity contribution is 0.0887. The molecule has 1 amide bonds. The van der Waals surface area contributed by atoms with Gasteiger partial charge in [-0.2, -0.15) is 4.98 Å². The molecule has 0 radical (unpaired) electrons. The maximum atomic E-state index is 11.6. The van der Waals surface area contributed by atoms with Crippen molar-refractivity contribution in [1.82, 2.24) is 15.0 Å². The smallest absolute Gasteiger partial charge is 0.426 e. The molecule has 20 heavy (non-hydrogen) atoms. The number of carboxylic acid groups (broad SMARTS) is 1. The summed E-state index contributed by atoms with van der Waals surface area (Å²) in [6.45, 7) is 10.0. The third-order valence-corrected chi connectivity index (χ3v) is 2.65. The maximum Gasteiger partial charge on any atom is 0.426 e. The van der Waals surface area contributed by atoms with Crippen LogP contribution in [-0.2, 0) is 0 Å². The summed E-state index contributed by atoms with van der Waals surface area (Å²) in [5, 5.41) is 12.5. The highest BCUT2D eigenvalue weighted by molar-refractivity contribution is 6.28. The Morgan fingerprint density at radius 2 is 2.05 bits per heavy atom. The van der Waals surface area contributed by atoms with Crippen LogP contribution in [0.5, 0.6) is 0 Å². The first-order chi connectivity index (χ1) is 9.12. The zero-order chi connectivity index (χ0) is 15.5. The Morgan fingerprint density at radius 1 is 1.45 bits per heavy atom. The molecule has 1 rings (SSSR count). The fourth-order valence-electron chi connectivity index (χ4n) is 1.85. The number of hydrogen-bond donors (Lipinski definition) is 1. The van der Waals surface area contributed by atoms with Crippen LogP contribution >= 0.6 is 11.6 Å². The van der Waals surface area contributed by atoms with Gasteiger partial charge in [-0.3, -0.25) is 5.01 Å². The van der Waals surface area contributed by atoms with E-state index >= 15 is 0 Å². The number of amides is 1. The summed E-state index contributed by atoms with van der Waals surface area (Å²) in [6, 6.07) is 1.65. The number of halogens is 1. The molecule has 0 fully saturated rings. The van der Waals surface area contributed by atoms with Gasteiger partial charge >= 0.3 is 6.09 Å². The molecule has 0 bridgehead atoms. The summed E-state index contributed by atoms with van der Waals surface area (Å²) < 4.78 is 0. The molecule has 6 nitrogen and oxygen atoms in total. The van der Waals surface area contributed by atoms with Crippen molar-refractivity contribution < 1.29 is 9.90 Å². The zero-order valence-electron chi connectivity index (χ0n) is 12.5. The van der Waals surface area contributed by atoms with Crippen LogP contribution in [0.4, 0.5) is 10.6 Å². The second-order valence-electron chi connectivity index (χ2n) is 5.93. The highest BCUT2D eigenvalue weighted by Gasteiger charge is 2.33. The zero-order valence-corrected chi connectivity index (χ0v) is 13.2. The predicted molar refractivity (Wildman–Crippen MR) is 78.8 cm³/mol. The summed E-state index contributed by atoms with van der Waals surface area (Å²) in [4.78, 5) is 19.6. The minimum absolute atomic E-state index is 0.0931. The van der Waals surface area contributed by atoms with Crippen LogP contribution in [0.1, 0.15) is 34.6 Å². The van der Waals surface area contributed by atoms with Crippen molar-refractivity contribution >= 4 is 23.5 Å². The van der Waals surface area contributed by atoms with E-state index < -0.39 is 11.6 Å². The van der Waals surface area contributed by atoms with Crippen LogP contribution in [0.15, 0.2) is 12.3 Å². The van der Waals surface area contributed by atoms with Gasteiger partial charge in [0.25, 0.3) is 0 Å². The summed E-state index contributed by atoms with van der Waals surface area (Å²) in [6.07, 6.45) is 0.480. The lowest BCUT2D eigenvalue weighted by Crippen LogP contribution is -2.57. The molecule has 0 unspecified atom stereocenters. The maximum absolute atomic E-state index is 11.6. The minimum atomic E-state index is -1.03. The van der Waals surface area contributed by atoms with Crippen molar-refractivity contribution in [3.05, 3.63) is 17.5 Å². The van der Waals surface area contributed by atoms with E-state index in [1.165, 1.54) is 11.2 Å². The summed E-state index contributed by atoms with van der Waals surface area (Å²) in [7, 11) is 0. The van der Waals surface area contributed by atoms with Gasteiger partial charge in [0.05, 0.1) is 5.54 Å². The van der Waals surface area contributed by atoms with E-state index in [2.05, 4.69) is 9.97 Å². The van der Waals surface area contributed by atoms with Gasteiger partial charge in [0, 0.05) is 18.8 Å². The lowest BCUT2D eigenvalue weighted by atomic mass is 10.1. The standard InChI is InChI=1S/C13H21ClN4O2/c1-9(2)8-17(10-6-7-15-11(14)16-10)18(12(19)20)13(3,4)5/h6-7,9H,8H2,1-5H3,(H,19,20). The second-order valence-corrected chi connectivity index (χ2v) is 6.26. The van der Waals surface area contributed by atoms with Gasteiger partial charge in [-0.05, 0) is 38.3 Å². The first kappa shape index (κ1) is 16.5. The first-order valence-corrected chi connectivity index (χ1v) is 6.80. The molecule has 0 aliphatic rings. The molecule has 1 N–H and O–H groups in total. The quantitative estimate of drug-likeness (QED) is 0.682. The Bertz CT molecular complexity index is 474. The Kier molecular flexibility index (Phi) is 5.16. The summed E-state index contributed by atoms with van der Waals surface area (Å²) in [5.74, 6) is 0.726. The van der Waals surface area contributed by atoms with Gasteiger partial charge in [-0.15, -0.1) is 0 Å². The van der Waals surface area contributed by atoms with Crippen molar-refractivity contribution in [2.75, 3.05) is 11.6 Å². The number of hydrogen-bond acceptors (Lipinski definition) is 4.